The Morgan fingerprint density at radius 2 is 1.68 bits per heavy atom. The molecule has 0 bridgehead atoms. The van der Waals surface area contributed by atoms with E-state index >= 15 is 0 Å². The Kier molecular flexibility index (Phi) is 4.93. The van der Waals surface area contributed by atoms with Crippen LogP contribution in [-0.4, -0.2) is 26.0 Å². The van der Waals surface area contributed by atoms with E-state index in [9.17, 15) is 4.79 Å². The number of hydrogen-bond donors (Lipinski definition) is 1. The van der Waals surface area contributed by atoms with Gasteiger partial charge in [0.05, 0.1) is 6.21 Å². The van der Waals surface area contributed by atoms with Crippen LogP contribution in [0.25, 0.3) is 0 Å². The zero-order valence-corrected chi connectivity index (χ0v) is 15.3. The van der Waals surface area contributed by atoms with Crippen molar-refractivity contribution in [1.82, 2.24) is 5.43 Å². The lowest BCUT2D eigenvalue weighted by Crippen LogP contribution is -2.17. The summed E-state index contributed by atoms with van der Waals surface area (Å²) in [6, 6.07) is 23.1. The number of nitrogens with one attached hydrogen (secondary N) is 1. The van der Waals surface area contributed by atoms with Crippen molar-refractivity contribution in [2.24, 2.45) is 5.10 Å². The fourth-order valence-electron chi connectivity index (χ4n) is 2.85. The number of fused-ring (bicyclic) bond motifs is 1. The molecule has 140 valence electrons. The van der Waals surface area contributed by atoms with Crippen LogP contribution in [0.4, 0.5) is 11.4 Å². The molecule has 1 aliphatic rings. The van der Waals surface area contributed by atoms with E-state index in [1.54, 1.807) is 24.4 Å². The fourth-order valence-corrected chi connectivity index (χ4v) is 2.85. The van der Waals surface area contributed by atoms with Crippen LogP contribution in [0.5, 0.6) is 11.5 Å². The van der Waals surface area contributed by atoms with Gasteiger partial charge in [0.25, 0.3) is 5.91 Å². The van der Waals surface area contributed by atoms with Gasteiger partial charge in [0.2, 0.25) is 6.79 Å². The van der Waals surface area contributed by atoms with E-state index in [1.807, 2.05) is 49.5 Å². The van der Waals surface area contributed by atoms with Gasteiger partial charge in [0.1, 0.15) is 0 Å². The molecule has 0 spiro atoms. The van der Waals surface area contributed by atoms with Crippen LogP contribution in [0.15, 0.2) is 77.9 Å². The van der Waals surface area contributed by atoms with Gasteiger partial charge in [-0.3, -0.25) is 4.79 Å². The molecule has 0 saturated heterocycles. The van der Waals surface area contributed by atoms with Crippen LogP contribution in [-0.2, 0) is 0 Å². The van der Waals surface area contributed by atoms with Crippen molar-refractivity contribution in [2.45, 2.75) is 0 Å². The summed E-state index contributed by atoms with van der Waals surface area (Å²) < 4.78 is 10.5. The Morgan fingerprint density at radius 3 is 2.46 bits per heavy atom. The molecule has 1 heterocycles. The van der Waals surface area contributed by atoms with E-state index in [2.05, 4.69) is 27.6 Å². The Morgan fingerprint density at radius 1 is 0.964 bits per heavy atom. The number of carbonyl (C=O) groups excluding carboxylic acids is 1. The molecule has 3 aromatic rings. The fraction of sp³-hybridized carbons (Fsp3) is 0.0909. The minimum atomic E-state index is -0.310. The van der Waals surface area contributed by atoms with Crippen molar-refractivity contribution in [3.8, 4) is 11.5 Å². The molecule has 0 unspecified atom stereocenters. The molecule has 0 fully saturated rings. The monoisotopic (exact) mass is 373 g/mol. The Balaban J connectivity index is 1.38. The highest BCUT2D eigenvalue weighted by atomic mass is 16.7. The first-order chi connectivity index (χ1) is 13.7. The average molecular weight is 373 g/mol. The van der Waals surface area contributed by atoms with E-state index in [0.29, 0.717) is 17.1 Å². The minimum absolute atomic E-state index is 0.175. The number of hydrogen-bond acceptors (Lipinski definition) is 5. The molecule has 1 amide bonds. The number of carbonyl (C=O) groups is 1. The van der Waals surface area contributed by atoms with Gasteiger partial charge in [-0.1, -0.05) is 30.3 Å². The number of benzene rings is 3. The molecular formula is C22H19N3O3. The van der Waals surface area contributed by atoms with Gasteiger partial charge >= 0.3 is 0 Å². The lowest BCUT2D eigenvalue weighted by molar-refractivity contribution is 0.0954. The molecule has 6 heteroatoms. The third-order valence-electron chi connectivity index (χ3n) is 4.44. The van der Waals surface area contributed by atoms with Crippen LogP contribution in [0, 0.1) is 0 Å². The SMILES string of the molecule is CN(c1ccccc1)c1ccc(C=NNC(=O)c2ccc3c(c2)OCO3)cc1. The maximum atomic E-state index is 12.2. The second kappa shape index (κ2) is 7.84. The highest BCUT2D eigenvalue weighted by molar-refractivity contribution is 5.95. The first kappa shape index (κ1) is 17.6. The maximum Gasteiger partial charge on any atom is 0.271 e. The molecule has 1 N–H and O–H groups in total. The van der Waals surface area contributed by atoms with Gasteiger partial charge in [0.15, 0.2) is 11.5 Å². The summed E-state index contributed by atoms with van der Waals surface area (Å²) in [5.74, 6) is 0.894. The van der Waals surface area contributed by atoms with Crippen LogP contribution >= 0.6 is 0 Å². The summed E-state index contributed by atoms with van der Waals surface area (Å²) in [7, 11) is 2.02. The van der Waals surface area contributed by atoms with Crippen molar-refractivity contribution >= 4 is 23.5 Å². The molecular weight excluding hydrogens is 354 g/mol. The van der Waals surface area contributed by atoms with Gasteiger partial charge in [0, 0.05) is 24.0 Å². The lowest BCUT2D eigenvalue weighted by atomic mass is 10.2. The predicted octanol–water partition coefficient (Wildman–Crippen LogP) is 3.95. The average Bonchev–Trinajstić information content (AvgIpc) is 3.22. The van der Waals surface area contributed by atoms with Crippen LogP contribution in [0.1, 0.15) is 15.9 Å². The van der Waals surface area contributed by atoms with E-state index in [0.717, 1.165) is 16.9 Å². The van der Waals surface area contributed by atoms with Gasteiger partial charge in [-0.2, -0.15) is 5.10 Å². The number of ether oxygens (including phenoxy) is 2. The molecule has 0 atom stereocenters. The summed E-state index contributed by atoms with van der Waals surface area (Å²) in [5.41, 5.74) is 6.04. The number of hydrazone groups is 1. The van der Waals surface area contributed by atoms with Crippen molar-refractivity contribution < 1.29 is 14.3 Å². The second-order valence-corrected chi connectivity index (χ2v) is 6.25. The minimum Gasteiger partial charge on any atom is -0.454 e. The number of para-hydroxylation sites is 1. The highest BCUT2D eigenvalue weighted by Gasteiger charge is 2.15. The smallest absolute Gasteiger partial charge is 0.271 e. The third-order valence-corrected chi connectivity index (χ3v) is 4.44. The molecule has 1 aliphatic heterocycles. The standard InChI is InChI=1S/C22H19N3O3/c1-25(18-5-3-2-4-6-18)19-10-7-16(8-11-19)14-23-24-22(26)17-9-12-20-21(13-17)28-15-27-20/h2-14H,15H2,1H3,(H,24,26). The summed E-state index contributed by atoms with van der Waals surface area (Å²) in [6.07, 6.45) is 1.61. The van der Waals surface area contributed by atoms with Crippen molar-refractivity contribution in [2.75, 3.05) is 18.7 Å². The largest absolute Gasteiger partial charge is 0.454 e. The number of rotatable bonds is 5. The molecule has 0 radical (unpaired) electrons. The maximum absolute atomic E-state index is 12.2. The number of anilines is 2. The Labute approximate surface area is 163 Å². The number of nitrogens with zero attached hydrogens (tertiary/aromatic N) is 2. The first-order valence-corrected chi connectivity index (χ1v) is 8.82. The van der Waals surface area contributed by atoms with Crippen molar-refractivity contribution in [3.63, 3.8) is 0 Å². The predicted molar refractivity (Wildman–Crippen MR) is 109 cm³/mol. The molecule has 0 aliphatic carbocycles. The normalized spacial score (nSPS) is 12.2. The Hall–Kier alpha value is -3.80. The quantitative estimate of drug-likeness (QED) is 0.543. The molecule has 0 aromatic heterocycles. The first-order valence-electron chi connectivity index (χ1n) is 8.82. The molecule has 4 rings (SSSR count). The summed E-state index contributed by atoms with van der Waals surface area (Å²) in [6.45, 7) is 0.175. The number of amides is 1. The zero-order valence-electron chi connectivity index (χ0n) is 15.3. The van der Waals surface area contributed by atoms with Gasteiger partial charge in [-0.15, -0.1) is 0 Å². The molecule has 28 heavy (non-hydrogen) atoms. The van der Waals surface area contributed by atoms with Gasteiger partial charge in [-0.05, 0) is 48.0 Å². The third kappa shape index (κ3) is 3.81. The van der Waals surface area contributed by atoms with E-state index in [1.165, 1.54) is 0 Å². The van der Waals surface area contributed by atoms with Crippen molar-refractivity contribution in [1.29, 1.82) is 0 Å². The van der Waals surface area contributed by atoms with E-state index in [-0.39, 0.29) is 12.7 Å². The summed E-state index contributed by atoms with van der Waals surface area (Å²) in [4.78, 5) is 14.3. The van der Waals surface area contributed by atoms with E-state index < -0.39 is 0 Å². The highest BCUT2D eigenvalue weighted by Crippen LogP contribution is 2.32. The Bertz CT molecular complexity index is 1000. The lowest BCUT2D eigenvalue weighted by Gasteiger charge is -2.19. The van der Waals surface area contributed by atoms with Gasteiger partial charge in [-0.25, -0.2) is 5.43 Å². The molecule has 6 nitrogen and oxygen atoms in total. The second-order valence-electron chi connectivity index (χ2n) is 6.25. The van der Waals surface area contributed by atoms with E-state index in [4.69, 9.17) is 9.47 Å². The van der Waals surface area contributed by atoms with Crippen LogP contribution < -0.4 is 19.8 Å². The molecule has 3 aromatic carbocycles. The zero-order chi connectivity index (χ0) is 19.3. The topological polar surface area (TPSA) is 63.2 Å². The summed E-state index contributed by atoms with van der Waals surface area (Å²) in [5, 5.41) is 4.03. The summed E-state index contributed by atoms with van der Waals surface area (Å²) >= 11 is 0. The molecule has 0 saturated carbocycles. The van der Waals surface area contributed by atoms with Crippen molar-refractivity contribution in [3.05, 3.63) is 83.9 Å². The van der Waals surface area contributed by atoms with Crippen LogP contribution in [0.3, 0.4) is 0 Å². The van der Waals surface area contributed by atoms with Crippen LogP contribution in [0.2, 0.25) is 0 Å². The van der Waals surface area contributed by atoms with Gasteiger partial charge < -0.3 is 14.4 Å².